The van der Waals surface area contributed by atoms with Crippen molar-refractivity contribution in [3.63, 3.8) is 0 Å². The first-order chi connectivity index (χ1) is 18.9. The zero-order chi connectivity index (χ0) is 29.0. The third-order valence-corrected chi connectivity index (χ3v) is 10.0. The number of allylic oxidation sites excluding steroid dienone is 1. The number of amides is 2. The van der Waals surface area contributed by atoms with Gasteiger partial charge in [0.2, 0.25) is 11.8 Å². The quantitative estimate of drug-likeness (QED) is 0.333. The Hall–Kier alpha value is -2.98. The topological polar surface area (TPSA) is 142 Å². The lowest BCUT2D eigenvalue weighted by molar-refractivity contribution is -0.165. The number of nitrogens with zero attached hydrogens (tertiary/aromatic N) is 3. The summed E-state index contributed by atoms with van der Waals surface area (Å²) in [6.45, 7) is 4.41. The number of hydrogen-bond acceptors (Lipinski definition) is 7. The molecule has 0 aromatic heterocycles. The molecule has 2 aliphatic carbocycles. The summed E-state index contributed by atoms with van der Waals surface area (Å²) in [5.74, 6) is 4.47. The van der Waals surface area contributed by atoms with E-state index in [1.807, 2.05) is 0 Å². The highest BCUT2D eigenvalue weighted by Gasteiger charge is 2.56. The molecule has 3 fully saturated rings. The lowest BCUT2D eigenvalue weighted by Gasteiger charge is -2.47. The van der Waals surface area contributed by atoms with Crippen molar-refractivity contribution < 1.29 is 24.2 Å². The van der Waals surface area contributed by atoms with Crippen LogP contribution in [0.2, 0.25) is 5.02 Å². The standard InChI is InChI=1S/C29H40ClN5O5/c1-17(33(3)32)21(31)15-40-22-8-7-20(30)18-9-13-34(26(37)19-6-4-5-10-28(19,2)27(38)39)25(24(18)22)35-16-29(11-12-29)14-23(35)36/h7-8,19,25H,4-6,9-16,31-32H2,1-3H3,(H,38,39)/b21-17-/t19?,25?,28-/m0/s1. The molecule has 1 aromatic carbocycles. The number of rotatable bonds is 7. The number of hydrogen-bond donors (Lipinski definition) is 3. The molecule has 1 aromatic rings. The molecule has 2 saturated carbocycles. The minimum atomic E-state index is -1.16. The van der Waals surface area contributed by atoms with Gasteiger partial charge in [-0.3, -0.25) is 14.4 Å². The normalized spacial score (nSPS) is 27.8. The lowest BCUT2D eigenvalue weighted by atomic mass is 9.66. The minimum absolute atomic E-state index is 0.0104. The van der Waals surface area contributed by atoms with E-state index in [-0.39, 0.29) is 23.8 Å². The van der Waals surface area contributed by atoms with Gasteiger partial charge in [-0.25, -0.2) is 5.84 Å². The number of benzene rings is 1. The molecule has 1 saturated heterocycles. The summed E-state index contributed by atoms with van der Waals surface area (Å²) in [6.07, 6.45) is 4.65. The zero-order valence-electron chi connectivity index (χ0n) is 23.5. The molecule has 10 nitrogen and oxygen atoms in total. The molecule has 1 spiro atoms. The average Bonchev–Trinajstić information content (AvgIpc) is 3.60. The molecule has 218 valence electrons. The monoisotopic (exact) mass is 573 g/mol. The Labute approximate surface area is 240 Å². The van der Waals surface area contributed by atoms with Gasteiger partial charge in [-0.05, 0) is 69.1 Å². The van der Waals surface area contributed by atoms with Gasteiger partial charge >= 0.3 is 5.97 Å². The number of likely N-dealkylation sites (tertiary alicyclic amines) is 1. The van der Waals surface area contributed by atoms with Crippen LogP contribution in [0.25, 0.3) is 0 Å². The van der Waals surface area contributed by atoms with Gasteiger partial charge in [0, 0.05) is 42.8 Å². The highest BCUT2D eigenvalue weighted by Crippen LogP contribution is 2.56. The van der Waals surface area contributed by atoms with E-state index in [1.54, 1.807) is 42.8 Å². The van der Waals surface area contributed by atoms with Crippen molar-refractivity contribution in [2.75, 3.05) is 26.7 Å². The van der Waals surface area contributed by atoms with Crippen LogP contribution < -0.4 is 16.3 Å². The SMILES string of the molecule is C/C(=C(/N)COc1ccc(Cl)c2c1C(N1CC3(CC3)CC1=O)N(C(=O)C1CCCC[C@]1(C)C(=O)O)CC2)N(C)N. The van der Waals surface area contributed by atoms with Crippen molar-refractivity contribution in [3.8, 4) is 5.75 Å². The van der Waals surface area contributed by atoms with Gasteiger partial charge in [-0.2, -0.15) is 0 Å². The first-order valence-electron chi connectivity index (χ1n) is 14.1. The number of hydrazine groups is 1. The second-order valence-corrected chi connectivity index (χ2v) is 12.7. The Bertz CT molecular complexity index is 1260. The van der Waals surface area contributed by atoms with E-state index in [0.29, 0.717) is 66.5 Å². The van der Waals surface area contributed by atoms with Crippen LogP contribution in [0.5, 0.6) is 5.75 Å². The molecule has 2 aliphatic heterocycles. The van der Waals surface area contributed by atoms with Crippen molar-refractivity contribution in [3.05, 3.63) is 39.7 Å². The van der Waals surface area contributed by atoms with Gasteiger partial charge in [-0.1, -0.05) is 24.4 Å². The summed E-state index contributed by atoms with van der Waals surface area (Å²) in [5, 5.41) is 12.1. The summed E-state index contributed by atoms with van der Waals surface area (Å²) in [7, 11) is 1.69. The van der Waals surface area contributed by atoms with Crippen LogP contribution in [0.15, 0.2) is 23.5 Å². The number of fused-ring (bicyclic) bond motifs is 1. The van der Waals surface area contributed by atoms with Gasteiger partial charge in [0.05, 0.1) is 17.0 Å². The second kappa shape index (κ2) is 10.4. The number of aliphatic carboxylic acids is 1. The van der Waals surface area contributed by atoms with Gasteiger partial charge in [0.1, 0.15) is 18.5 Å². The van der Waals surface area contributed by atoms with Crippen molar-refractivity contribution in [1.82, 2.24) is 14.8 Å². The van der Waals surface area contributed by atoms with Crippen molar-refractivity contribution in [2.45, 2.75) is 71.4 Å². The molecular weight excluding hydrogens is 534 g/mol. The van der Waals surface area contributed by atoms with E-state index < -0.39 is 23.5 Å². The molecule has 3 atom stereocenters. The number of nitrogens with two attached hydrogens (primary N) is 2. The molecular formula is C29H40ClN5O5. The summed E-state index contributed by atoms with van der Waals surface area (Å²) < 4.78 is 6.24. The maximum Gasteiger partial charge on any atom is 0.310 e. The van der Waals surface area contributed by atoms with Crippen LogP contribution in [0.1, 0.15) is 76.1 Å². The predicted molar refractivity (Wildman–Crippen MR) is 150 cm³/mol. The Morgan fingerprint density at radius 1 is 1.25 bits per heavy atom. The van der Waals surface area contributed by atoms with E-state index >= 15 is 0 Å². The zero-order valence-corrected chi connectivity index (χ0v) is 24.3. The molecule has 2 heterocycles. The largest absolute Gasteiger partial charge is 0.487 e. The van der Waals surface area contributed by atoms with Crippen molar-refractivity contribution in [1.29, 1.82) is 0 Å². The first-order valence-corrected chi connectivity index (χ1v) is 14.5. The molecule has 5 N–H and O–H groups in total. The maximum atomic E-state index is 14.4. The fraction of sp³-hybridized carbons (Fsp3) is 0.621. The first kappa shape index (κ1) is 28.5. The van der Waals surface area contributed by atoms with Gasteiger partial charge < -0.3 is 30.4 Å². The number of carboxylic acids is 1. The number of halogens is 1. The predicted octanol–water partition coefficient (Wildman–Crippen LogP) is 3.39. The fourth-order valence-electron chi connectivity index (χ4n) is 6.68. The van der Waals surface area contributed by atoms with Gasteiger partial charge in [-0.15, -0.1) is 0 Å². The Morgan fingerprint density at radius 2 is 1.98 bits per heavy atom. The smallest absolute Gasteiger partial charge is 0.310 e. The number of ether oxygens (including phenoxy) is 1. The Balaban J connectivity index is 1.58. The summed E-state index contributed by atoms with van der Waals surface area (Å²) in [5.41, 5.74) is 7.66. The van der Waals surface area contributed by atoms with Crippen molar-refractivity contribution >= 4 is 29.4 Å². The van der Waals surface area contributed by atoms with E-state index in [4.69, 9.17) is 27.9 Å². The highest BCUT2D eigenvalue weighted by atomic mass is 35.5. The highest BCUT2D eigenvalue weighted by molar-refractivity contribution is 6.31. The molecule has 5 rings (SSSR count). The Morgan fingerprint density at radius 3 is 2.60 bits per heavy atom. The fourth-order valence-corrected chi connectivity index (χ4v) is 6.94. The van der Waals surface area contributed by atoms with Gasteiger partial charge in [0.15, 0.2) is 0 Å². The summed E-state index contributed by atoms with van der Waals surface area (Å²) in [4.78, 5) is 43.8. The summed E-state index contributed by atoms with van der Waals surface area (Å²) >= 11 is 6.71. The third-order valence-electron chi connectivity index (χ3n) is 9.68. The summed E-state index contributed by atoms with van der Waals surface area (Å²) in [6, 6.07) is 3.52. The minimum Gasteiger partial charge on any atom is -0.487 e. The Kier molecular flexibility index (Phi) is 7.46. The van der Waals surface area contributed by atoms with E-state index in [2.05, 4.69) is 0 Å². The van der Waals surface area contributed by atoms with Crippen LogP contribution in [0.3, 0.4) is 0 Å². The number of carbonyl (C=O) groups excluding carboxylic acids is 2. The molecule has 40 heavy (non-hydrogen) atoms. The van der Waals surface area contributed by atoms with Crippen molar-refractivity contribution in [2.24, 2.45) is 28.3 Å². The van der Waals surface area contributed by atoms with E-state index in [0.717, 1.165) is 31.2 Å². The average molecular weight is 574 g/mol. The van der Waals surface area contributed by atoms with E-state index in [9.17, 15) is 19.5 Å². The second-order valence-electron chi connectivity index (χ2n) is 12.3. The number of carbonyl (C=O) groups is 3. The molecule has 11 heteroatoms. The molecule has 2 unspecified atom stereocenters. The molecule has 4 aliphatic rings. The molecule has 0 radical (unpaired) electrons. The third kappa shape index (κ3) is 4.89. The van der Waals surface area contributed by atoms with E-state index in [1.165, 1.54) is 5.01 Å². The number of carboxylic acid groups (broad SMARTS) is 1. The molecule has 2 amide bonds. The van der Waals surface area contributed by atoms with Crippen LogP contribution in [0, 0.1) is 16.7 Å². The van der Waals surface area contributed by atoms with Crippen LogP contribution >= 0.6 is 11.6 Å². The van der Waals surface area contributed by atoms with Crippen LogP contribution in [-0.4, -0.2) is 64.4 Å². The van der Waals surface area contributed by atoms with Crippen LogP contribution in [-0.2, 0) is 20.8 Å². The lowest BCUT2D eigenvalue weighted by Crippen LogP contribution is -2.54. The van der Waals surface area contributed by atoms with Crippen LogP contribution in [0.4, 0.5) is 0 Å². The van der Waals surface area contributed by atoms with Gasteiger partial charge in [0.25, 0.3) is 0 Å². The molecule has 0 bridgehead atoms. The maximum absolute atomic E-state index is 14.4.